The van der Waals surface area contributed by atoms with E-state index in [1.165, 1.54) is 4.31 Å². The molecular weight excluding hydrogens is 420 g/mol. The predicted molar refractivity (Wildman–Crippen MR) is 128 cm³/mol. The number of hydrogen-bond acceptors (Lipinski definition) is 3. The summed E-state index contributed by atoms with van der Waals surface area (Å²) in [5.74, 6) is -0.0955. The number of benzene rings is 3. The van der Waals surface area contributed by atoms with Gasteiger partial charge in [-0.3, -0.25) is 9.10 Å². The first-order valence-electron chi connectivity index (χ1n) is 10.9. The Balaban J connectivity index is 1.66. The molecule has 1 saturated heterocycles. The van der Waals surface area contributed by atoms with Crippen LogP contribution in [0.25, 0.3) is 0 Å². The quantitative estimate of drug-likeness (QED) is 0.612. The zero-order valence-corrected chi connectivity index (χ0v) is 19.2. The van der Waals surface area contributed by atoms with Crippen molar-refractivity contribution in [2.24, 2.45) is 0 Å². The van der Waals surface area contributed by atoms with Crippen LogP contribution in [-0.2, 0) is 10.0 Å². The fourth-order valence-electron chi connectivity index (χ4n) is 4.06. The Morgan fingerprint density at radius 3 is 2.28 bits per heavy atom. The van der Waals surface area contributed by atoms with Gasteiger partial charge in [0.1, 0.15) is 0 Å². The summed E-state index contributed by atoms with van der Waals surface area (Å²) in [6, 6.07) is 22.9. The molecule has 1 aliphatic rings. The first-order chi connectivity index (χ1) is 15.3. The molecule has 0 aromatic heterocycles. The zero-order chi connectivity index (χ0) is 22.7. The van der Waals surface area contributed by atoms with E-state index in [4.69, 9.17) is 0 Å². The third-order valence-corrected chi connectivity index (χ3v) is 7.76. The van der Waals surface area contributed by atoms with Gasteiger partial charge in [-0.2, -0.15) is 0 Å². The Hall–Kier alpha value is -3.12. The molecule has 1 N–H and O–H groups in total. The third-order valence-electron chi connectivity index (χ3n) is 5.91. The lowest BCUT2D eigenvalue weighted by molar-refractivity contribution is 0.0943. The molecule has 4 rings (SSSR count). The van der Waals surface area contributed by atoms with E-state index in [0.29, 0.717) is 24.2 Å². The number of nitrogens with zero attached hydrogens (tertiary/aromatic N) is 1. The molecule has 6 heteroatoms. The number of sulfonamides is 1. The van der Waals surface area contributed by atoms with Gasteiger partial charge < -0.3 is 5.32 Å². The van der Waals surface area contributed by atoms with Gasteiger partial charge in [0, 0.05) is 12.1 Å². The minimum atomic E-state index is -3.35. The van der Waals surface area contributed by atoms with Crippen LogP contribution in [0.4, 0.5) is 5.69 Å². The van der Waals surface area contributed by atoms with E-state index in [0.717, 1.165) is 28.7 Å². The molecule has 1 atom stereocenters. The van der Waals surface area contributed by atoms with E-state index in [1.807, 2.05) is 74.5 Å². The Morgan fingerprint density at radius 1 is 0.906 bits per heavy atom. The average molecular weight is 449 g/mol. The summed E-state index contributed by atoms with van der Waals surface area (Å²) in [7, 11) is -3.35. The van der Waals surface area contributed by atoms with Crippen LogP contribution in [0.5, 0.6) is 0 Å². The van der Waals surface area contributed by atoms with Gasteiger partial charge in [-0.15, -0.1) is 0 Å². The maximum absolute atomic E-state index is 13.3. The van der Waals surface area contributed by atoms with Crippen molar-refractivity contribution in [1.29, 1.82) is 0 Å². The molecule has 1 unspecified atom stereocenters. The van der Waals surface area contributed by atoms with Gasteiger partial charge in [0.05, 0.1) is 17.5 Å². The predicted octanol–water partition coefficient (Wildman–Crippen LogP) is 4.75. The van der Waals surface area contributed by atoms with E-state index in [-0.39, 0.29) is 17.7 Å². The molecular formula is C26H28N2O3S. The van der Waals surface area contributed by atoms with Crippen molar-refractivity contribution in [3.63, 3.8) is 0 Å². The molecule has 5 nitrogen and oxygen atoms in total. The van der Waals surface area contributed by atoms with Gasteiger partial charge in [-0.05, 0) is 55.5 Å². The molecule has 0 spiro atoms. The third kappa shape index (κ3) is 4.70. The van der Waals surface area contributed by atoms with Crippen molar-refractivity contribution in [3.8, 4) is 0 Å². The van der Waals surface area contributed by atoms with Crippen LogP contribution < -0.4 is 9.62 Å². The fourth-order valence-corrected chi connectivity index (χ4v) is 5.75. The topological polar surface area (TPSA) is 66.5 Å². The van der Waals surface area contributed by atoms with Gasteiger partial charge in [-0.1, -0.05) is 66.2 Å². The van der Waals surface area contributed by atoms with Gasteiger partial charge in [0.15, 0.2) is 0 Å². The number of anilines is 1. The van der Waals surface area contributed by atoms with Crippen molar-refractivity contribution < 1.29 is 13.2 Å². The first-order valence-corrected chi connectivity index (χ1v) is 12.5. The van der Waals surface area contributed by atoms with Crippen molar-refractivity contribution in [2.45, 2.75) is 32.7 Å². The molecule has 32 heavy (non-hydrogen) atoms. The first kappa shape index (κ1) is 22.1. The Labute approximate surface area is 190 Å². The van der Waals surface area contributed by atoms with Crippen LogP contribution >= 0.6 is 0 Å². The zero-order valence-electron chi connectivity index (χ0n) is 18.4. The van der Waals surface area contributed by atoms with Crippen LogP contribution in [0, 0.1) is 13.8 Å². The summed E-state index contributed by atoms with van der Waals surface area (Å²) in [5, 5.41) is 3.15. The summed E-state index contributed by atoms with van der Waals surface area (Å²) in [4.78, 5) is 13.3. The van der Waals surface area contributed by atoms with Crippen LogP contribution in [0.3, 0.4) is 0 Å². The van der Waals surface area contributed by atoms with Gasteiger partial charge in [0.25, 0.3) is 5.91 Å². The fraction of sp³-hybridized carbons (Fsp3) is 0.269. The molecule has 0 bridgehead atoms. The normalized spacial score (nSPS) is 16.4. The second-order valence-electron chi connectivity index (χ2n) is 8.32. The van der Waals surface area contributed by atoms with Gasteiger partial charge >= 0.3 is 0 Å². The lowest BCUT2D eigenvalue weighted by Crippen LogP contribution is -2.38. The van der Waals surface area contributed by atoms with E-state index in [9.17, 15) is 13.2 Å². The molecule has 1 amide bonds. The van der Waals surface area contributed by atoms with E-state index in [1.54, 1.807) is 12.1 Å². The Bertz CT molecular complexity index is 1210. The Kier molecular flexibility index (Phi) is 6.33. The maximum Gasteiger partial charge on any atom is 0.252 e. The van der Waals surface area contributed by atoms with E-state index >= 15 is 0 Å². The number of carbonyl (C=O) groups is 1. The molecule has 1 heterocycles. The van der Waals surface area contributed by atoms with Crippen molar-refractivity contribution in [1.82, 2.24) is 5.32 Å². The highest BCUT2D eigenvalue weighted by molar-refractivity contribution is 7.92. The van der Waals surface area contributed by atoms with Crippen LogP contribution in [0.2, 0.25) is 0 Å². The molecule has 1 aliphatic heterocycles. The number of rotatable bonds is 5. The van der Waals surface area contributed by atoms with Crippen molar-refractivity contribution >= 4 is 21.6 Å². The standard InChI is InChI=1S/C26H28N2O3S/c1-19-10-13-22(14-11-19)25(21-8-4-3-5-9-21)27-26(29)23-15-12-20(2)24(18-23)28-16-6-7-17-32(28,30)31/h3-5,8-15,18,25H,6-7,16-17H2,1-2H3,(H,27,29). The van der Waals surface area contributed by atoms with E-state index in [2.05, 4.69) is 5.32 Å². The van der Waals surface area contributed by atoms with E-state index < -0.39 is 10.0 Å². The van der Waals surface area contributed by atoms with Crippen LogP contribution in [-0.4, -0.2) is 26.6 Å². The number of hydrogen-bond donors (Lipinski definition) is 1. The van der Waals surface area contributed by atoms with Crippen molar-refractivity contribution in [3.05, 3.63) is 101 Å². The lowest BCUT2D eigenvalue weighted by Gasteiger charge is -2.30. The Morgan fingerprint density at radius 2 is 1.59 bits per heavy atom. The summed E-state index contributed by atoms with van der Waals surface area (Å²) >= 11 is 0. The number of amides is 1. The molecule has 3 aromatic carbocycles. The SMILES string of the molecule is Cc1ccc(C(NC(=O)c2ccc(C)c(N3CCCCS3(=O)=O)c2)c2ccccc2)cc1. The average Bonchev–Trinajstić information content (AvgIpc) is 2.79. The second-order valence-corrected chi connectivity index (χ2v) is 10.3. The highest BCUT2D eigenvalue weighted by Gasteiger charge is 2.28. The second kappa shape index (κ2) is 9.17. The van der Waals surface area contributed by atoms with Crippen LogP contribution in [0.1, 0.15) is 51.5 Å². The largest absolute Gasteiger partial charge is 0.341 e. The maximum atomic E-state index is 13.3. The molecule has 0 saturated carbocycles. The lowest BCUT2D eigenvalue weighted by atomic mass is 9.97. The summed E-state index contributed by atoms with van der Waals surface area (Å²) in [6.07, 6.45) is 1.49. The van der Waals surface area contributed by atoms with Crippen molar-refractivity contribution in [2.75, 3.05) is 16.6 Å². The van der Waals surface area contributed by atoms with Gasteiger partial charge in [0.2, 0.25) is 10.0 Å². The monoisotopic (exact) mass is 448 g/mol. The number of carbonyl (C=O) groups excluding carboxylic acids is 1. The number of nitrogens with one attached hydrogen (secondary N) is 1. The highest BCUT2D eigenvalue weighted by Crippen LogP contribution is 2.29. The molecule has 3 aromatic rings. The molecule has 166 valence electrons. The number of aryl methyl sites for hydroxylation is 2. The molecule has 1 fully saturated rings. The molecule has 0 radical (unpaired) electrons. The van der Waals surface area contributed by atoms with Crippen LogP contribution in [0.15, 0.2) is 72.8 Å². The van der Waals surface area contributed by atoms with Gasteiger partial charge in [-0.25, -0.2) is 8.42 Å². The highest BCUT2D eigenvalue weighted by atomic mass is 32.2. The summed E-state index contributed by atoms with van der Waals surface area (Å²) < 4.78 is 26.7. The minimum absolute atomic E-state index is 0.145. The summed E-state index contributed by atoms with van der Waals surface area (Å²) in [6.45, 7) is 4.35. The minimum Gasteiger partial charge on any atom is -0.341 e. The molecule has 0 aliphatic carbocycles. The smallest absolute Gasteiger partial charge is 0.252 e. The summed E-state index contributed by atoms with van der Waals surface area (Å²) in [5.41, 5.74) is 4.99.